The summed E-state index contributed by atoms with van der Waals surface area (Å²) in [4.78, 5) is 18.9. The zero-order chi connectivity index (χ0) is 23.5. The summed E-state index contributed by atoms with van der Waals surface area (Å²) < 4.78 is 2.13. The van der Waals surface area contributed by atoms with Gasteiger partial charge in [-0.25, -0.2) is 4.68 Å². The van der Waals surface area contributed by atoms with Crippen LogP contribution in [0.15, 0.2) is 29.1 Å². The normalized spacial score (nSPS) is 18.8. The highest BCUT2D eigenvalue weighted by atomic mass is 16.1. The number of aromatic nitrogens is 5. The first-order valence-corrected chi connectivity index (χ1v) is 13.3. The lowest BCUT2D eigenvalue weighted by molar-refractivity contribution is 0.105. The van der Waals surface area contributed by atoms with Crippen LogP contribution in [0.25, 0.3) is 10.9 Å². The molecule has 0 spiro atoms. The lowest BCUT2D eigenvalue weighted by Crippen LogP contribution is -2.39. The van der Waals surface area contributed by atoms with E-state index in [9.17, 15) is 4.79 Å². The highest BCUT2D eigenvalue weighted by molar-refractivity contribution is 5.81. The van der Waals surface area contributed by atoms with Gasteiger partial charge in [-0.05, 0) is 66.5 Å². The number of H-pyrrole nitrogens is 1. The van der Waals surface area contributed by atoms with Gasteiger partial charge in [-0.1, -0.05) is 63.6 Å². The molecule has 1 atom stereocenters. The number of nitrogens with one attached hydrogen (secondary N) is 1. The molecule has 2 fully saturated rings. The Labute approximate surface area is 201 Å². The molecule has 182 valence electrons. The summed E-state index contributed by atoms with van der Waals surface area (Å²) in [7, 11) is 0. The van der Waals surface area contributed by atoms with Crippen molar-refractivity contribution in [3.05, 3.63) is 51.6 Å². The van der Waals surface area contributed by atoms with E-state index in [4.69, 9.17) is 0 Å². The van der Waals surface area contributed by atoms with Crippen molar-refractivity contribution in [2.75, 3.05) is 0 Å². The minimum Gasteiger partial charge on any atom is -0.321 e. The van der Waals surface area contributed by atoms with E-state index in [-0.39, 0.29) is 11.6 Å². The Balaban J connectivity index is 1.52. The van der Waals surface area contributed by atoms with Crippen LogP contribution in [0.5, 0.6) is 0 Å². The van der Waals surface area contributed by atoms with E-state index in [1.54, 1.807) is 0 Å². The number of tetrazole rings is 1. The molecule has 5 rings (SSSR count). The molecule has 2 aliphatic carbocycles. The molecule has 0 unspecified atom stereocenters. The molecule has 3 aromatic rings. The third-order valence-corrected chi connectivity index (χ3v) is 8.01. The molecule has 7 nitrogen and oxygen atoms in total. The van der Waals surface area contributed by atoms with Gasteiger partial charge < -0.3 is 4.98 Å². The highest BCUT2D eigenvalue weighted by Gasteiger charge is 2.34. The van der Waals surface area contributed by atoms with E-state index < -0.39 is 0 Å². The smallest absolute Gasteiger partial charge is 0.252 e. The largest absolute Gasteiger partial charge is 0.321 e. The van der Waals surface area contributed by atoms with Crippen molar-refractivity contribution in [1.29, 1.82) is 0 Å². The van der Waals surface area contributed by atoms with Crippen LogP contribution in [0.2, 0.25) is 0 Å². The van der Waals surface area contributed by atoms with Gasteiger partial charge in [-0.2, -0.15) is 0 Å². The second kappa shape index (κ2) is 10.4. The zero-order valence-electron chi connectivity index (χ0n) is 20.7. The molecule has 1 aromatic carbocycles. The van der Waals surface area contributed by atoms with Crippen molar-refractivity contribution < 1.29 is 0 Å². The minimum absolute atomic E-state index is 0.0203. The van der Waals surface area contributed by atoms with Crippen LogP contribution in [0.3, 0.4) is 0 Å². The topological polar surface area (TPSA) is 79.7 Å². The fourth-order valence-corrected chi connectivity index (χ4v) is 6.19. The number of benzene rings is 1. The van der Waals surface area contributed by atoms with Gasteiger partial charge >= 0.3 is 0 Å². The fourth-order valence-electron chi connectivity index (χ4n) is 6.19. The summed E-state index contributed by atoms with van der Waals surface area (Å²) in [5.74, 6) is 0.994. The van der Waals surface area contributed by atoms with Gasteiger partial charge in [-0.3, -0.25) is 9.69 Å². The van der Waals surface area contributed by atoms with E-state index >= 15 is 0 Å². The van der Waals surface area contributed by atoms with Crippen LogP contribution in [0, 0.1) is 6.92 Å². The summed E-state index contributed by atoms with van der Waals surface area (Å²) in [5.41, 5.74) is 2.90. The van der Waals surface area contributed by atoms with Gasteiger partial charge in [0.2, 0.25) is 0 Å². The maximum absolute atomic E-state index is 13.2. The first-order chi connectivity index (χ1) is 16.7. The lowest BCUT2D eigenvalue weighted by atomic mass is 9.95. The summed E-state index contributed by atoms with van der Waals surface area (Å²) in [6.07, 6.45) is 13.0. The molecule has 2 aromatic heterocycles. The van der Waals surface area contributed by atoms with E-state index in [0.29, 0.717) is 18.6 Å². The Morgan fingerprint density at radius 3 is 2.65 bits per heavy atom. The standard InChI is InChI=1S/C27H38N6O/c1-3-10-24(26-29-30-31-33(26)23-15-5-4-6-16-23)32(22-13-7-8-14-22)18-21-17-20-12-9-11-19(2)25(20)28-27(21)34/h9,11-12,17,22-24H,3-8,10,13-16,18H2,1-2H3,(H,28,34)/t24-/m0/s1. The van der Waals surface area contributed by atoms with Crippen LogP contribution in [-0.4, -0.2) is 36.1 Å². The molecule has 34 heavy (non-hydrogen) atoms. The number of pyridine rings is 1. The molecular weight excluding hydrogens is 424 g/mol. The average Bonchev–Trinajstić information content (AvgIpc) is 3.55. The van der Waals surface area contributed by atoms with Crippen LogP contribution >= 0.6 is 0 Å². The third-order valence-electron chi connectivity index (χ3n) is 8.01. The number of hydrogen-bond acceptors (Lipinski definition) is 5. The van der Waals surface area contributed by atoms with Gasteiger partial charge in [0, 0.05) is 18.2 Å². The third kappa shape index (κ3) is 4.67. The van der Waals surface area contributed by atoms with Gasteiger partial charge in [0.15, 0.2) is 5.82 Å². The van der Waals surface area contributed by atoms with Crippen molar-refractivity contribution >= 4 is 10.9 Å². The number of para-hydroxylation sites is 1. The van der Waals surface area contributed by atoms with Crippen molar-refractivity contribution in [3.63, 3.8) is 0 Å². The van der Waals surface area contributed by atoms with Crippen LogP contribution in [-0.2, 0) is 6.54 Å². The fraction of sp³-hybridized carbons (Fsp3) is 0.630. The molecule has 2 saturated carbocycles. The van der Waals surface area contributed by atoms with E-state index in [1.807, 2.05) is 13.0 Å². The molecule has 2 heterocycles. The quantitative estimate of drug-likeness (QED) is 0.470. The zero-order valence-corrected chi connectivity index (χ0v) is 20.7. The maximum Gasteiger partial charge on any atom is 0.252 e. The number of rotatable bonds is 8. The maximum atomic E-state index is 13.2. The van der Waals surface area contributed by atoms with Gasteiger partial charge in [-0.15, -0.1) is 5.10 Å². The number of nitrogens with zero attached hydrogens (tertiary/aromatic N) is 5. The molecule has 0 saturated heterocycles. The molecule has 1 N–H and O–H groups in total. The Morgan fingerprint density at radius 1 is 1.12 bits per heavy atom. The number of aromatic amines is 1. The lowest BCUT2D eigenvalue weighted by Gasteiger charge is -2.36. The SMILES string of the molecule is CCC[C@@H](c1nnnn1C1CCCCC1)N(Cc1cc2cccc(C)c2[nH]c1=O)C1CCCC1. The Bertz CT molecular complexity index is 1160. The molecule has 0 radical (unpaired) electrons. The Morgan fingerprint density at radius 2 is 1.88 bits per heavy atom. The first kappa shape index (κ1) is 23.2. The van der Waals surface area contributed by atoms with Crippen molar-refractivity contribution in [3.8, 4) is 0 Å². The number of hydrogen-bond donors (Lipinski definition) is 1. The summed E-state index contributed by atoms with van der Waals surface area (Å²) >= 11 is 0. The molecule has 0 bridgehead atoms. The van der Waals surface area contributed by atoms with Gasteiger partial charge in [0.1, 0.15) is 0 Å². The summed E-state index contributed by atoms with van der Waals surface area (Å²) in [5, 5.41) is 14.3. The predicted octanol–water partition coefficient (Wildman–Crippen LogP) is 5.61. The number of fused-ring (bicyclic) bond motifs is 1. The second-order valence-electron chi connectivity index (χ2n) is 10.4. The Hall–Kier alpha value is -2.54. The molecular formula is C27H38N6O. The van der Waals surface area contributed by atoms with Crippen molar-refractivity contribution in [1.82, 2.24) is 30.1 Å². The number of aryl methyl sites for hydroxylation is 1. The second-order valence-corrected chi connectivity index (χ2v) is 10.4. The molecule has 0 amide bonds. The van der Waals surface area contributed by atoms with Crippen LogP contribution in [0.1, 0.15) is 107 Å². The average molecular weight is 463 g/mol. The molecule has 7 heteroatoms. The monoisotopic (exact) mass is 462 g/mol. The predicted molar refractivity (Wildman–Crippen MR) is 135 cm³/mol. The Kier molecular flexibility index (Phi) is 7.09. The van der Waals surface area contributed by atoms with Gasteiger partial charge in [0.05, 0.1) is 17.6 Å². The first-order valence-electron chi connectivity index (χ1n) is 13.3. The minimum atomic E-state index is 0.0203. The summed E-state index contributed by atoms with van der Waals surface area (Å²) in [6.45, 7) is 4.91. The van der Waals surface area contributed by atoms with Crippen LogP contribution in [0.4, 0.5) is 0 Å². The van der Waals surface area contributed by atoms with E-state index in [1.165, 1.54) is 44.9 Å². The molecule has 2 aliphatic rings. The highest BCUT2D eigenvalue weighted by Crippen LogP contribution is 2.36. The van der Waals surface area contributed by atoms with Gasteiger partial charge in [0.25, 0.3) is 5.56 Å². The van der Waals surface area contributed by atoms with Crippen LogP contribution < -0.4 is 5.56 Å². The van der Waals surface area contributed by atoms with Crippen molar-refractivity contribution in [2.45, 2.75) is 109 Å². The van der Waals surface area contributed by atoms with E-state index in [2.05, 4.69) is 55.2 Å². The van der Waals surface area contributed by atoms with Crippen molar-refractivity contribution in [2.24, 2.45) is 0 Å². The van der Waals surface area contributed by atoms with E-state index in [0.717, 1.165) is 53.5 Å². The summed E-state index contributed by atoms with van der Waals surface area (Å²) in [6, 6.07) is 9.28. The molecule has 0 aliphatic heterocycles.